The van der Waals surface area contributed by atoms with E-state index in [1.165, 1.54) is 21.7 Å². The van der Waals surface area contributed by atoms with E-state index in [4.69, 9.17) is 9.47 Å². The van der Waals surface area contributed by atoms with E-state index in [1.807, 2.05) is 24.3 Å². The molecule has 0 atom stereocenters. The van der Waals surface area contributed by atoms with Crippen LogP contribution in [0.2, 0.25) is 0 Å². The molecule has 9 heteroatoms. The van der Waals surface area contributed by atoms with Crippen molar-refractivity contribution >= 4 is 33.3 Å². The minimum Gasteiger partial charge on any atom is -0.496 e. The van der Waals surface area contributed by atoms with Gasteiger partial charge in [-0.3, -0.25) is 4.79 Å². The van der Waals surface area contributed by atoms with Gasteiger partial charge in [-0.1, -0.05) is 18.2 Å². The van der Waals surface area contributed by atoms with Crippen molar-refractivity contribution in [1.29, 1.82) is 0 Å². The summed E-state index contributed by atoms with van der Waals surface area (Å²) in [6.07, 6.45) is 3.10. The monoisotopic (exact) mass is 422 g/mol. The molecule has 0 spiro atoms. The van der Waals surface area contributed by atoms with E-state index >= 15 is 0 Å². The molecule has 1 aromatic carbocycles. The van der Waals surface area contributed by atoms with Gasteiger partial charge < -0.3 is 14.8 Å². The highest BCUT2D eigenvalue weighted by Gasteiger charge is 2.27. The van der Waals surface area contributed by atoms with Gasteiger partial charge in [0.25, 0.3) is 10.0 Å². The summed E-state index contributed by atoms with van der Waals surface area (Å²) in [4.78, 5) is 12.8. The van der Waals surface area contributed by atoms with Gasteiger partial charge in [0.1, 0.15) is 9.96 Å². The van der Waals surface area contributed by atoms with Crippen molar-refractivity contribution in [3.8, 4) is 5.75 Å². The predicted octanol–water partition coefficient (Wildman–Crippen LogP) is 2.11. The maximum absolute atomic E-state index is 12.6. The lowest BCUT2D eigenvalue weighted by Crippen LogP contribution is -2.40. The molecular formula is C19H22N2O5S2. The van der Waals surface area contributed by atoms with E-state index in [1.54, 1.807) is 25.3 Å². The number of para-hydroxylation sites is 1. The molecule has 2 aromatic rings. The third-order valence-corrected chi connectivity index (χ3v) is 7.64. The van der Waals surface area contributed by atoms with Crippen LogP contribution >= 0.6 is 11.3 Å². The highest BCUT2D eigenvalue weighted by atomic mass is 32.2. The Balaban J connectivity index is 1.58. The summed E-state index contributed by atoms with van der Waals surface area (Å²) in [5.41, 5.74) is 0.801. The molecule has 7 nitrogen and oxygen atoms in total. The fraction of sp³-hybridized carbons (Fsp3) is 0.316. The minimum atomic E-state index is -3.50. The van der Waals surface area contributed by atoms with Crippen LogP contribution in [0.4, 0.5) is 0 Å². The van der Waals surface area contributed by atoms with Crippen LogP contribution in [0.5, 0.6) is 5.75 Å². The summed E-state index contributed by atoms with van der Waals surface area (Å²) in [7, 11) is -1.93. The molecule has 1 aromatic heterocycles. The smallest absolute Gasteiger partial charge is 0.252 e. The van der Waals surface area contributed by atoms with E-state index in [0.29, 0.717) is 32.1 Å². The van der Waals surface area contributed by atoms with Crippen molar-refractivity contribution in [2.45, 2.75) is 10.8 Å². The number of hydrogen-bond donors (Lipinski definition) is 1. The zero-order chi connectivity index (χ0) is 20.0. The van der Waals surface area contributed by atoms with Gasteiger partial charge in [0.05, 0.1) is 26.9 Å². The molecule has 1 aliphatic heterocycles. The molecule has 3 rings (SSSR count). The molecule has 1 amide bonds. The second-order valence-corrected chi connectivity index (χ2v) is 9.36. The molecule has 1 aliphatic rings. The Labute approximate surface area is 168 Å². The molecule has 150 valence electrons. The largest absolute Gasteiger partial charge is 0.496 e. The van der Waals surface area contributed by atoms with E-state index in [0.717, 1.165) is 10.4 Å². The molecule has 0 unspecified atom stereocenters. The first-order valence-corrected chi connectivity index (χ1v) is 11.0. The number of amides is 1. The van der Waals surface area contributed by atoms with Gasteiger partial charge in [0, 0.05) is 29.6 Å². The maximum Gasteiger partial charge on any atom is 0.252 e. The first kappa shape index (κ1) is 20.5. The van der Waals surface area contributed by atoms with Gasteiger partial charge in [-0.2, -0.15) is 4.31 Å². The van der Waals surface area contributed by atoms with Crippen molar-refractivity contribution < 1.29 is 22.7 Å². The zero-order valence-electron chi connectivity index (χ0n) is 15.5. The number of methoxy groups -OCH3 is 1. The maximum atomic E-state index is 12.6. The van der Waals surface area contributed by atoms with Crippen molar-refractivity contribution in [3.63, 3.8) is 0 Å². The van der Waals surface area contributed by atoms with Crippen molar-refractivity contribution in [2.75, 3.05) is 33.4 Å². The number of carbonyl (C=O) groups is 1. The van der Waals surface area contributed by atoms with Crippen LogP contribution in [0.1, 0.15) is 10.4 Å². The van der Waals surface area contributed by atoms with Crippen molar-refractivity contribution in [3.05, 3.63) is 52.9 Å². The quantitative estimate of drug-likeness (QED) is 0.691. The number of carbonyl (C=O) groups excluding carboxylic acids is 1. The Morgan fingerprint density at radius 1 is 1.25 bits per heavy atom. The number of benzene rings is 1. The Morgan fingerprint density at radius 2 is 2.00 bits per heavy atom. The van der Waals surface area contributed by atoms with E-state index in [2.05, 4.69) is 5.32 Å². The topological polar surface area (TPSA) is 84.9 Å². The number of nitrogens with zero attached hydrogens (tertiary/aromatic N) is 1. The summed E-state index contributed by atoms with van der Waals surface area (Å²) < 4.78 is 37.4. The van der Waals surface area contributed by atoms with Gasteiger partial charge >= 0.3 is 0 Å². The van der Waals surface area contributed by atoms with Crippen molar-refractivity contribution in [1.82, 2.24) is 9.62 Å². The lowest BCUT2D eigenvalue weighted by Gasteiger charge is -2.25. The highest BCUT2D eigenvalue weighted by Crippen LogP contribution is 2.25. The summed E-state index contributed by atoms with van der Waals surface area (Å²) in [6.45, 7) is 1.80. The first-order valence-electron chi connectivity index (χ1n) is 8.76. The predicted molar refractivity (Wildman–Crippen MR) is 108 cm³/mol. The van der Waals surface area contributed by atoms with Gasteiger partial charge in [-0.05, 0) is 24.3 Å². The van der Waals surface area contributed by atoms with Crippen LogP contribution in [-0.2, 0) is 26.1 Å². The summed E-state index contributed by atoms with van der Waals surface area (Å²) >= 11 is 1.17. The normalized spacial score (nSPS) is 15.6. The van der Waals surface area contributed by atoms with Crippen LogP contribution in [0.15, 0.2) is 46.7 Å². The van der Waals surface area contributed by atoms with Crippen LogP contribution in [0.25, 0.3) is 6.08 Å². The van der Waals surface area contributed by atoms with Crippen LogP contribution < -0.4 is 10.1 Å². The lowest BCUT2D eigenvalue weighted by atomic mass is 10.2. The number of thiophene rings is 1. The van der Waals surface area contributed by atoms with E-state index in [-0.39, 0.29) is 16.7 Å². The molecule has 0 saturated carbocycles. The molecule has 2 heterocycles. The Morgan fingerprint density at radius 3 is 2.75 bits per heavy atom. The second-order valence-electron chi connectivity index (χ2n) is 6.03. The average Bonchev–Trinajstić information content (AvgIpc) is 3.21. The molecule has 1 fully saturated rings. The number of ether oxygens (including phenoxy) is 2. The first-order chi connectivity index (χ1) is 13.5. The third kappa shape index (κ3) is 4.99. The molecule has 1 N–H and O–H groups in total. The summed E-state index contributed by atoms with van der Waals surface area (Å²) in [5, 5.41) is 2.77. The van der Waals surface area contributed by atoms with Gasteiger partial charge in [-0.15, -0.1) is 11.3 Å². The van der Waals surface area contributed by atoms with Gasteiger partial charge in [-0.25, -0.2) is 8.42 Å². The lowest BCUT2D eigenvalue weighted by molar-refractivity contribution is -0.116. The standard InChI is InChI=1S/C19H22N2O5S2/c1-25-17-5-3-2-4-15(17)6-8-18(22)20-14-16-7-9-19(27-16)28(23,24)21-10-12-26-13-11-21/h2-9H,10-14H2,1H3,(H,20,22). The number of rotatable bonds is 7. The molecule has 1 saturated heterocycles. The second kappa shape index (κ2) is 9.33. The van der Waals surface area contributed by atoms with E-state index in [9.17, 15) is 13.2 Å². The van der Waals surface area contributed by atoms with Gasteiger partial charge in [0.2, 0.25) is 5.91 Å². The number of hydrogen-bond acceptors (Lipinski definition) is 6. The van der Waals surface area contributed by atoms with Crippen LogP contribution in [-0.4, -0.2) is 52.0 Å². The average molecular weight is 423 g/mol. The van der Waals surface area contributed by atoms with E-state index < -0.39 is 10.0 Å². The number of nitrogens with one attached hydrogen (secondary N) is 1. The van der Waals surface area contributed by atoms with Gasteiger partial charge in [0.15, 0.2) is 0 Å². The zero-order valence-corrected chi connectivity index (χ0v) is 17.1. The Bertz CT molecular complexity index is 947. The Hall–Kier alpha value is -2.20. The summed E-state index contributed by atoms with van der Waals surface area (Å²) in [6, 6.07) is 10.7. The SMILES string of the molecule is COc1ccccc1C=CC(=O)NCc1ccc(S(=O)(=O)N2CCOCC2)s1. The fourth-order valence-electron chi connectivity index (χ4n) is 2.71. The molecule has 0 bridgehead atoms. The molecule has 0 radical (unpaired) electrons. The van der Waals surface area contributed by atoms with Crippen LogP contribution in [0.3, 0.4) is 0 Å². The number of morpholine rings is 1. The molecular weight excluding hydrogens is 400 g/mol. The van der Waals surface area contributed by atoms with Crippen molar-refractivity contribution in [2.24, 2.45) is 0 Å². The minimum absolute atomic E-state index is 0.262. The fourth-order valence-corrected chi connectivity index (χ4v) is 5.57. The third-order valence-electron chi connectivity index (χ3n) is 4.19. The summed E-state index contributed by atoms with van der Waals surface area (Å²) in [5.74, 6) is 0.416. The highest BCUT2D eigenvalue weighted by molar-refractivity contribution is 7.91. The van der Waals surface area contributed by atoms with Crippen LogP contribution in [0, 0.1) is 0 Å². The molecule has 28 heavy (non-hydrogen) atoms. The number of sulfonamides is 1. The Kier molecular flexibility index (Phi) is 6.84. The molecule has 0 aliphatic carbocycles.